The van der Waals surface area contributed by atoms with Crippen molar-refractivity contribution >= 4 is 68.2 Å². The van der Waals surface area contributed by atoms with Crippen molar-refractivity contribution in [2.75, 3.05) is 83.3 Å². The maximum Gasteiger partial charge on any atom is 0.229 e. The summed E-state index contributed by atoms with van der Waals surface area (Å²) in [7, 11) is 5.44. The van der Waals surface area contributed by atoms with Crippen molar-refractivity contribution in [3.05, 3.63) is 52.9 Å². The lowest BCUT2D eigenvalue weighted by atomic mass is 10.0. The minimum Gasteiger partial charge on any atom is -0.494 e. The molecule has 0 unspecified atom stereocenters. The number of ether oxygens (including phenoxy) is 1. The highest BCUT2D eigenvalue weighted by atomic mass is 79.9. The van der Waals surface area contributed by atoms with E-state index in [9.17, 15) is 4.57 Å². The molecule has 2 aromatic heterocycles. The number of piperidine rings is 1. The molecule has 240 valence electrons. The van der Waals surface area contributed by atoms with Crippen LogP contribution in [0.1, 0.15) is 18.4 Å². The molecule has 2 aromatic carbocycles. The quantitative estimate of drug-likeness (QED) is 0.189. The molecule has 0 atom stereocenters. The van der Waals surface area contributed by atoms with Gasteiger partial charge in [-0.3, -0.25) is 9.97 Å². The first-order valence-corrected chi connectivity index (χ1v) is 18.5. The van der Waals surface area contributed by atoms with E-state index in [1.807, 2.05) is 12.1 Å². The number of likely N-dealkylation sites (N-methyl/N-ethyl adjacent to an activating group) is 2. The third kappa shape index (κ3) is 7.74. The Labute approximate surface area is 274 Å². The Kier molecular flexibility index (Phi) is 10.3. The van der Waals surface area contributed by atoms with Crippen LogP contribution in [0.25, 0.3) is 11.0 Å². The number of hydrogen-bond donors (Lipinski definition) is 2. The smallest absolute Gasteiger partial charge is 0.229 e. The highest BCUT2D eigenvalue weighted by Gasteiger charge is 2.25. The monoisotopic (exact) mass is 695 g/mol. The Morgan fingerprint density at radius 1 is 1.02 bits per heavy atom. The average Bonchev–Trinajstić information content (AvgIpc) is 3.01. The summed E-state index contributed by atoms with van der Waals surface area (Å²) in [5, 5.41) is 7.34. The molecule has 3 heterocycles. The van der Waals surface area contributed by atoms with Crippen molar-refractivity contribution in [3.63, 3.8) is 0 Å². The zero-order valence-electron chi connectivity index (χ0n) is 27.1. The third-order valence-electron chi connectivity index (χ3n) is 8.24. The summed E-state index contributed by atoms with van der Waals surface area (Å²) in [5.74, 6) is 1.64. The van der Waals surface area contributed by atoms with Crippen LogP contribution in [0, 0.1) is 6.92 Å². The second kappa shape index (κ2) is 14.0. The lowest BCUT2D eigenvalue weighted by molar-refractivity contribution is 0.190. The van der Waals surface area contributed by atoms with Crippen molar-refractivity contribution in [1.29, 1.82) is 0 Å². The van der Waals surface area contributed by atoms with Crippen molar-refractivity contribution < 1.29 is 9.30 Å². The first-order valence-electron chi connectivity index (χ1n) is 15.1. The van der Waals surface area contributed by atoms with Crippen LogP contribution >= 0.6 is 23.1 Å². The van der Waals surface area contributed by atoms with Crippen LogP contribution in [0.3, 0.4) is 0 Å². The predicted molar refractivity (Wildman–Crippen MR) is 189 cm³/mol. The SMILES string of the molecule is COc1cc(N2CCC(N(C)CCN(C)C)CC2)c(C)cc1Nc1ncc(Br)c(Nc2ccc3nccnc3c2P(C)(C)=O)n1. The van der Waals surface area contributed by atoms with Crippen molar-refractivity contribution in [1.82, 2.24) is 29.7 Å². The number of fused-ring (bicyclic) bond motifs is 1. The highest BCUT2D eigenvalue weighted by molar-refractivity contribution is 9.10. The fraction of sp³-hybridized carbons (Fsp3) is 0.438. The molecule has 5 rings (SSSR count). The molecule has 1 aliphatic rings. The Balaban J connectivity index is 1.35. The van der Waals surface area contributed by atoms with Gasteiger partial charge in [0, 0.05) is 62.6 Å². The molecule has 13 heteroatoms. The van der Waals surface area contributed by atoms with Gasteiger partial charge in [0.2, 0.25) is 5.95 Å². The second-order valence-electron chi connectivity index (χ2n) is 12.2. The number of rotatable bonds is 11. The molecule has 1 fully saturated rings. The van der Waals surface area contributed by atoms with Crippen LogP contribution in [-0.2, 0) is 4.57 Å². The van der Waals surface area contributed by atoms with Gasteiger partial charge >= 0.3 is 0 Å². The molecule has 4 aromatic rings. The van der Waals surface area contributed by atoms with E-state index < -0.39 is 7.14 Å². The molecule has 0 radical (unpaired) electrons. The van der Waals surface area contributed by atoms with E-state index in [4.69, 9.17) is 9.72 Å². The number of aromatic nitrogens is 4. The van der Waals surface area contributed by atoms with Crippen LogP contribution in [-0.4, -0.2) is 104 Å². The Hall–Kier alpha value is -3.31. The average molecular weight is 697 g/mol. The molecule has 1 aliphatic heterocycles. The topological polar surface area (TPSA) is 112 Å². The number of hydrogen-bond acceptors (Lipinski definition) is 11. The summed E-state index contributed by atoms with van der Waals surface area (Å²) >= 11 is 3.57. The van der Waals surface area contributed by atoms with Gasteiger partial charge in [0.05, 0.1) is 33.8 Å². The Morgan fingerprint density at radius 2 is 1.76 bits per heavy atom. The van der Waals surface area contributed by atoms with E-state index in [1.54, 1.807) is 39.0 Å². The van der Waals surface area contributed by atoms with E-state index in [-0.39, 0.29) is 0 Å². The van der Waals surface area contributed by atoms with E-state index in [0.717, 1.165) is 56.0 Å². The number of halogens is 1. The van der Waals surface area contributed by atoms with Gasteiger partial charge in [-0.15, -0.1) is 0 Å². The summed E-state index contributed by atoms with van der Waals surface area (Å²) in [6.45, 7) is 9.75. The zero-order chi connectivity index (χ0) is 32.3. The van der Waals surface area contributed by atoms with Crippen LogP contribution < -0.4 is 25.6 Å². The third-order valence-corrected chi connectivity index (χ3v) is 10.4. The van der Waals surface area contributed by atoms with Crippen LogP contribution in [0.2, 0.25) is 0 Å². The lowest BCUT2D eigenvalue weighted by Crippen LogP contribution is -2.45. The summed E-state index contributed by atoms with van der Waals surface area (Å²) < 4.78 is 19.9. The van der Waals surface area contributed by atoms with Gasteiger partial charge in [0.25, 0.3) is 0 Å². The summed E-state index contributed by atoms with van der Waals surface area (Å²) in [6, 6.07) is 8.52. The standard InChI is InChI=1S/C32H43BrN9O2P/c1-21-18-26(28(44-5)19-27(21)42-14-10-22(11-15-42)41(4)17-16-40(2)3)38-32-36-20-23(33)31(39-32)37-25-9-8-24-29(35-13-12-34-24)30(25)45(6,7)43/h8-9,12-13,18-20,22H,10-11,14-17H2,1-7H3,(H2,36,37,38,39). The molecule has 0 bridgehead atoms. The van der Waals surface area contributed by atoms with Crippen molar-refractivity contribution in [3.8, 4) is 5.75 Å². The van der Waals surface area contributed by atoms with Crippen LogP contribution in [0.15, 0.2) is 47.3 Å². The number of nitrogens with zero attached hydrogens (tertiary/aromatic N) is 7. The zero-order valence-corrected chi connectivity index (χ0v) is 29.6. The van der Waals surface area contributed by atoms with E-state index in [0.29, 0.717) is 44.3 Å². The number of aryl methyl sites for hydroxylation is 1. The molecule has 0 spiro atoms. The number of methoxy groups -OCH3 is 1. The number of benzene rings is 2. The lowest BCUT2D eigenvalue weighted by Gasteiger charge is -2.39. The fourth-order valence-corrected chi connectivity index (χ4v) is 7.49. The summed E-state index contributed by atoms with van der Waals surface area (Å²) in [5.41, 5.74) is 5.07. The van der Waals surface area contributed by atoms with E-state index in [2.05, 4.69) is 96.4 Å². The van der Waals surface area contributed by atoms with E-state index >= 15 is 0 Å². The van der Waals surface area contributed by atoms with Crippen LogP contribution in [0.5, 0.6) is 5.75 Å². The molecular weight excluding hydrogens is 653 g/mol. The second-order valence-corrected chi connectivity index (χ2v) is 16.2. The minimum absolute atomic E-state index is 0.394. The van der Waals surface area contributed by atoms with Gasteiger partial charge in [-0.25, -0.2) is 4.98 Å². The fourth-order valence-electron chi connectivity index (χ4n) is 5.80. The minimum atomic E-state index is -2.73. The Morgan fingerprint density at radius 3 is 2.44 bits per heavy atom. The van der Waals surface area contributed by atoms with E-state index in [1.165, 1.54) is 5.69 Å². The van der Waals surface area contributed by atoms with Crippen molar-refractivity contribution in [2.45, 2.75) is 25.8 Å². The van der Waals surface area contributed by atoms with Crippen LogP contribution in [0.4, 0.5) is 28.8 Å². The number of nitrogens with one attached hydrogen (secondary N) is 2. The molecule has 2 N–H and O–H groups in total. The maximum atomic E-state index is 13.4. The van der Waals surface area contributed by atoms with Gasteiger partial charge in [0.15, 0.2) is 0 Å². The van der Waals surface area contributed by atoms with Gasteiger partial charge < -0.3 is 34.6 Å². The summed E-state index contributed by atoms with van der Waals surface area (Å²) in [4.78, 5) is 25.3. The predicted octanol–water partition coefficient (Wildman–Crippen LogP) is 5.70. The van der Waals surface area contributed by atoms with Gasteiger partial charge in [-0.1, -0.05) is 0 Å². The molecule has 1 saturated heterocycles. The Bertz CT molecular complexity index is 1710. The van der Waals surface area contributed by atoms with Gasteiger partial charge in [-0.2, -0.15) is 4.98 Å². The molecule has 0 saturated carbocycles. The molecule has 45 heavy (non-hydrogen) atoms. The normalized spacial score (nSPS) is 14.4. The highest BCUT2D eigenvalue weighted by Crippen LogP contribution is 2.41. The van der Waals surface area contributed by atoms with Gasteiger partial charge in [-0.05, 0) is 93.9 Å². The first kappa shape index (κ1) is 33.1. The molecule has 0 amide bonds. The summed E-state index contributed by atoms with van der Waals surface area (Å²) in [6.07, 6.45) is 7.19. The maximum absolute atomic E-state index is 13.4. The molecule has 11 nitrogen and oxygen atoms in total. The van der Waals surface area contributed by atoms with Gasteiger partial charge in [0.1, 0.15) is 24.2 Å². The number of anilines is 5. The molecular formula is C32H43BrN9O2P. The largest absolute Gasteiger partial charge is 0.494 e. The van der Waals surface area contributed by atoms with Crippen molar-refractivity contribution in [2.24, 2.45) is 0 Å². The first-order chi connectivity index (χ1) is 21.4. The molecule has 0 aliphatic carbocycles.